The summed E-state index contributed by atoms with van der Waals surface area (Å²) in [5, 5.41) is 12.9. The van der Waals surface area contributed by atoms with Gasteiger partial charge in [0.05, 0.1) is 5.69 Å². The molecule has 5 heteroatoms. The zero-order valence-corrected chi connectivity index (χ0v) is 17.3. The second-order valence-corrected chi connectivity index (χ2v) is 8.64. The van der Waals surface area contributed by atoms with Crippen LogP contribution in [-0.4, -0.2) is 14.8 Å². The van der Waals surface area contributed by atoms with Gasteiger partial charge in [0.25, 0.3) is 0 Å². The molecule has 1 atom stereocenters. The fourth-order valence-corrected chi connectivity index (χ4v) is 5.12. The van der Waals surface area contributed by atoms with Crippen molar-refractivity contribution in [1.82, 2.24) is 25.4 Å². The second-order valence-electron chi connectivity index (χ2n) is 8.64. The lowest BCUT2D eigenvalue weighted by Gasteiger charge is -2.24. The quantitative estimate of drug-likeness (QED) is 0.480. The Morgan fingerprint density at radius 1 is 1.07 bits per heavy atom. The van der Waals surface area contributed by atoms with E-state index in [1.807, 2.05) is 17.9 Å². The van der Waals surface area contributed by atoms with Crippen LogP contribution in [-0.2, 0) is 33.1 Å². The smallest absolute Gasteiger partial charge is 0.0518 e. The Morgan fingerprint density at radius 3 is 2.83 bits per heavy atom. The van der Waals surface area contributed by atoms with E-state index in [4.69, 9.17) is 0 Å². The molecule has 30 heavy (non-hydrogen) atoms. The lowest BCUT2D eigenvalue weighted by molar-refractivity contribution is 0.444. The third kappa shape index (κ3) is 2.97. The highest BCUT2D eigenvalue weighted by atomic mass is 15.3. The third-order valence-electron chi connectivity index (χ3n) is 6.83. The number of hydrogen-bond acceptors (Lipinski definition) is 3. The van der Waals surface area contributed by atoms with Crippen LogP contribution in [0.2, 0.25) is 0 Å². The average molecular weight is 398 g/mol. The van der Waals surface area contributed by atoms with Crippen LogP contribution < -0.4 is 10.6 Å². The summed E-state index contributed by atoms with van der Waals surface area (Å²) in [7, 11) is 2.00. The van der Waals surface area contributed by atoms with Gasteiger partial charge < -0.3 is 15.6 Å². The van der Waals surface area contributed by atoms with Gasteiger partial charge in [0.2, 0.25) is 0 Å². The number of aryl methyl sites for hydroxylation is 2. The van der Waals surface area contributed by atoms with E-state index in [2.05, 4.69) is 63.2 Å². The summed E-state index contributed by atoms with van der Waals surface area (Å²) in [6.07, 6.45) is 5.40. The highest BCUT2D eigenvalue weighted by molar-refractivity contribution is 5.89. The minimum absolute atomic E-state index is 0.366. The van der Waals surface area contributed by atoms with Crippen LogP contribution in [0.5, 0.6) is 0 Å². The maximum atomic E-state index is 4.28. The molecule has 0 radical (unpaired) electrons. The number of nitrogens with one attached hydrogen (secondary N) is 3. The molecule has 0 saturated carbocycles. The molecule has 3 N–H and O–H groups in total. The summed E-state index contributed by atoms with van der Waals surface area (Å²) in [4.78, 5) is 3.74. The Labute approximate surface area is 176 Å². The van der Waals surface area contributed by atoms with Crippen LogP contribution in [0.1, 0.15) is 47.0 Å². The largest absolute Gasteiger partial charge is 0.357 e. The first-order valence-electron chi connectivity index (χ1n) is 10.9. The maximum Gasteiger partial charge on any atom is 0.0518 e. The van der Waals surface area contributed by atoms with E-state index in [-0.39, 0.29) is 0 Å². The number of rotatable bonds is 4. The third-order valence-corrected chi connectivity index (χ3v) is 6.83. The Morgan fingerprint density at radius 2 is 1.93 bits per heavy atom. The minimum Gasteiger partial charge on any atom is -0.357 e. The van der Waals surface area contributed by atoms with Gasteiger partial charge in [-0.05, 0) is 71.3 Å². The SMILES string of the molecule is Cn1nccc1CNC1CCCc2c1[nH]c1ccc(-c3ccc4c(c3)CNC4)cc21. The van der Waals surface area contributed by atoms with Crippen molar-refractivity contribution in [3.8, 4) is 11.1 Å². The molecule has 2 aromatic carbocycles. The number of fused-ring (bicyclic) bond motifs is 4. The van der Waals surface area contributed by atoms with E-state index >= 15 is 0 Å². The summed E-state index contributed by atoms with van der Waals surface area (Å²) < 4.78 is 1.94. The fourth-order valence-electron chi connectivity index (χ4n) is 5.12. The molecule has 0 spiro atoms. The lowest BCUT2D eigenvalue weighted by Crippen LogP contribution is -2.25. The predicted octanol–water partition coefficient (Wildman–Crippen LogP) is 4.34. The van der Waals surface area contributed by atoms with E-state index in [1.165, 1.54) is 62.9 Å². The van der Waals surface area contributed by atoms with Crippen molar-refractivity contribution in [3.63, 3.8) is 0 Å². The minimum atomic E-state index is 0.366. The van der Waals surface area contributed by atoms with Gasteiger partial charge >= 0.3 is 0 Å². The Kier molecular flexibility index (Phi) is 4.25. The van der Waals surface area contributed by atoms with E-state index in [0.717, 1.165) is 26.1 Å². The number of hydrogen-bond donors (Lipinski definition) is 3. The molecule has 0 saturated heterocycles. The van der Waals surface area contributed by atoms with Crippen molar-refractivity contribution >= 4 is 10.9 Å². The van der Waals surface area contributed by atoms with Crippen LogP contribution in [0.25, 0.3) is 22.0 Å². The first-order valence-corrected chi connectivity index (χ1v) is 10.9. The normalized spacial score (nSPS) is 18.0. The zero-order chi connectivity index (χ0) is 20.1. The molecule has 4 aromatic rings. The molecular weight excluding hydrogens is 370 g/mol. The Balaban J connectivity index is 1.33. The van der Waals surface area contributed by atoms with Gasteiger partial charge in [-0.1, -0.05) is 18.2 Å². The van der Waals surface area contributed by atoms with Gasteiger partial charge in [-0.3, -0.25) is 4.68 Å². The van der Waals surface area contributed by atoms with Crippen molar-refractivity contribution in [2.24, 2.45) is 7.05 Å². The number of aromatic amines is 1. The van der Waals surface area contributed by atoms with Crippen LogP contribution >= 0.6 is 0 Å². The van der Waals surface area contributed by atoms with Gasteiger partial charge in [0.15, 0.2) is 0 Å². The van der Waals surface area contributed by atoms with Crippen molar-refractivity contribution in [2.45, 2.75) is 44.9 Å². The number of nitrogens with zero attached hydrogens (tertiary/aromatic N) is 2. The second kappa shape index (κ2) is 7.11. The van der Waals surface area contributed by atoms with Crippen molar-refractivity contribution in [2.75, 3.05) is 0 Å². The molecule has 152 valence electrons. The monoisotopic (exact) mass is 397 g/mol. The molecule has 0 fully saturated rings. The highest BCUT2D eigenvalue weighted by Crippen LogP contribution is 2.37. The van der Waals surface area contributed by atoms with Crippen molar-refractivity contribution < 1.29 is 0 Å². The molecule has 0 bridgehead atoms. The van der Waals surface area contributed by atoms with Crippen molar-refractivity contribution in [3.05, 3.63) is 76.7 Å². The van der Waals surface area contributed by atoms with Crippen LogP contribution in [0.3, 0.4) is 0 Å². The van der Waals surface area contributed by atoms with Crippen LogP contribution in [0.15, 0.2) is 48.7 Å². The maximum absolute atomic E-state index is 4.28. The van der Waals surface area contributed by atoms with Gasteiger partial charge in [-0.15, -0.1) is 0 Å². The molecule has 3 heterocycles. The summed E-state index contributed by atoms with van der Waals surface area (Å²) in [6.45, 7) is 2.81. The molecule has 1 unspecified atom stereocenters. The molecular formula is C25H27N5. The summed E-state index contributed by atoms with van der Waals surface area (Å²) in [5.74, 6) is 0. The van der Waals surface area contributed by atoms with Gasteiger partial charge in [-0.2, -0.15) is 5.10 Å². The molecule has 2 aromatic heterocycles. The first kappa shape index (κ1) is 17.9. The lowest BCUT2D eigenvalue weighted by atomic mass is 9.90. The van der Waals surface area contributed by atoms with E-state index < -0.39 is 0 Å². The molecule has 1 aliphatic carbocycles. The first-order chi connectivity index (χ1) is 14.8. The fraction of sp³-hybridized carbons (Fsp3) is 0.320. The predicted molar refractivity (Wildman–Crippen MR) is 120 cm³/mol. The Bertz CT molecular complexity index is 1230. The topological polar surface area (TPSA) is 57.7 Å². The zero-order valence-electron chi connectivity index (χ0n) is 17.3. The molecule has 0 amide bonds. The highest BCUT2D eigenvalue weighted by Gasteiger charge is 2.24. The molecule has 5 nitrogen and oxygen atoms in total. The molecule has 6 rings (SSSR count). The van der Waals surface area contributed by atoms with E-state index in [0.29, 0.717) is 6.04 Å². The molecule has 1 aliphatic heterocycles. The van der Waals surface area contributed by atoms with Gasteiger partial charge in [0.1, 0.15) is 0 Å². The molecule has 2 aliphatic rings. The van der Waals surface area contributed by atoms with Crippen LogP contribution in [0.4, 0.5) is 0 Å². The van der Waals surface area contributed by atoms with E-state index in [9.17, 15) is 0 Å². The number of aromatic nitrogens is 3. The van der Waals surface area contributed by atoms with Crippen LogP contribution in [0, 0.1) is 0 Å². The average Bonchev–Trinajstić information content (AvgIpc) is 3.49. The summed E-state index contributed by atoms with van der Waals surface area (Å²) in [6, 6.07) is 16.3. The number of H-pyrrole nitrogens is 1. The van der Waals surface area contributed by atoms with Crippen molar-refractivity contribution in [1.29, 1.82) is 0 Å². The van der Waals surface area contributed by atoms with Gasteiger partial charge in [0, 0.05) is 55.5 Å². The van der Waals surface area contributed by atoms with Gasteiger partial charge in [-0.25, -0.2) is 0 Å². The van der Waals surface area contributed by atoms with E-state index in [1.54, 1.807) is 0 Å². The Hall–Kier alpha value is -2.89. The summed E-state index contributed by atoms with van der Waals surface area (Å²) in [5.41, 5.74) is 10.8. The summed E-state index contributed by atoms with van der Waals surface area (Å²) >= 11 is 0. The number of benzene rings is 2. The standard InChI is InChI=1S/C25H27N5/c1-30-20(9-10-28-30)15-27-24-4-2-3-21-22-12-17(7-8-23(22)29-25(21)24)16-5-6-18-13-26-14-19(18)11-16/h5-12,24,26-27,29H,2-4,13-15H2,1H3.